The van der Waals surface area contributed by atoms with E-state index in [1.54, 1.807) is 24.3 Å². The van der Waals surface area contributed by atoms with Crippen LogP contribution >= 0.6 is 0 Å². The number of nitrogens with zero attached hydrogens (tertiary/aromatic N) is 4. The second-order valence-corrected chi connectivity index (χ2v) is 9.19. The molecule has 0 aliphatic carbocycles. The van der Waals surface area contributed by atoms with E-state index in [0.29, 0.717) is 33.8 Å². The van der Waals surface area contributed by atoms with Gasteiger partial charge < -0.3 is 14.8 Å². The van der Waals surface area contributed by atoms with Crippen molar-refractivity contribution in [3.05, 3.63) is 114 Å². The summed E-state index contributed by atoms with van der Waals surface area (Å²) in [7, 11) is 0. The van der Waals surface area contributed by atoms with Crippen molar-refractivity contribution in [3.8, 4) is 11.5 Å². The SMILES string of the molecule is O=C(NCc1ccccc1)[C@H](c1ccc(F)cc1)N(C(=O)Cn1nnc2ccccc21)c1ccc2c(c1)OCO2. The second-order valence-electron chi connectivity index (χ2n) is 9.19. The fourth-order valence-corrected chi connectivity index (χ4v) is 4.66. The van der Waals surface area contributed by atoms with Gasteiger partial charge in [-0.1, -0.05) is 59.8 Å². The molecule has 4 aromatic carbocycles. The van der Waals surface area contributed by atoms with Crippen LogP contribution in [0.1, 0.15) is 17.2 Å². The Kier molecular flexibility index (Phi) is 6.80. The quantitative estimate of drug-likeness (QED) is 0.315. The number of fused-ring (bicyclic) bond motifs is 2. The highest BCUT2D eigenvalue weighted by Gasteiger charge is 2.34. The Hall–Kier alpha value is -5.25. The summed E-state index contributed by atoms with van der Waals surface area (Å²) in [5, 5.41) is 11.2. The number of nitrogens with one attached hydrogen (secondary N) is 1. The summed E-state index contributed by atoms with van der Waals surface area (Å²) in [6.07, 6.45) is 0. The summed E-state index contributed by atoms with van der Waals surface area (Å²) in [5.74, 6) is -0.347. The average Bonchev–Trinajstić information content (AvgIpc) is 3.62. The third-order valence-corrected chi connectivity index (χ3v) is 6.61. The third kappa shape index (κ3) is 5.06. The molecule has 40 heavy (non-hydrogen) atoms. The van der Waals surface area contributed by atoms with Crippen molar-refractivity contribution < 1.29 is 23.5 Å². The van der Waals surface area contributed by atoms with E-state index in [2.05, 4.69) is 15.6 Å². The number of amides is 2. The zero-order valence-electron chi connectivity index (χ0n) is 21.2. The van der Waals surface area contributed by atoms with Crippen LogP contribution in [0.3, 0.4) is 0 Å². The first kappa shape index (κ1) is 25.1. The van der Waals surface area contributed by atoms with Gasteiger partial charge in [0, 0.05) is 18.3 Å². The lowest BCUT2D eigenvalue weighted by Gasteiger charge is -2.31. The molecule has 0 bridgehead atoms. The molecule has 0 saturated heterocycles. The van der Waals surface area contributed by atoms with Crippen molar-refractivity contribution in [2.75, 3.05) is 11.7 Å². The Bertz CT molecular complexity index is 1670. The Morgan fingerprint density at radius 1 is 0.925 bits per heavy atom. The lowest BCUT2D eigenvalue weighted by atomic mass is 10.0. The largest absolute Gasteiger partial charge is 0.454 e. The van der Waals surface area contributed by atoms with Gasteiger partial charge in [-0.25, -0.2) is 9.07 Å². The first-order valence-electron chi connectivity index (χ1n) is 12.6. The Morgan fingerprint density at radius 2 is 1.68 bits per heavy atom. The highest BCUT2D eigenvalue weighted by atomic mass is 19.1. The van der Waals surface area contributed by atoms with Crippen molar-refractivity contribution in [1.29, 1.82) is 0 Å². The molecule has 0 spiro atoms. The van der Waals surface area contributed by atoms with Crippen LogP contribution in [0.5, 0.6) is 11.5 Å². The van der Waals surface area contributed by atoms with E-state index in [1.165, 1.54) is 33.8 Å². The van der Waals surface area contributed by atoms with E-state index in [1.807, 2.05) is 48.5 Å². The van der Waals surface area contributed by atoms with Gasteiger partial charge in [0.2, 0.25) is 18.6 Å². The van der Waals surface area contributed by atoms with Crippen LogP contribution in [0.15, 0.2) is 97.1 Å². The van der Waals surface area contributed by atoms with Crippen LogP contribution in [-0.2, 0) is 22.7 Å². The van der Waals surface area contributed by atoms with E-state index in [9.17, 15) is 14.0 Å². The van der Waals surface area contributed by atoms with E-state index in [0.717, 1.165) is 5.56 Å². The lowest BCUT2D eigenvalue weighted by Crippen LogP contribution is -2.45. The number of ether oxygens (including phenoxy) is 2. The maximum Gasteiger partial charge on any atom is 0.249 e. The molecule has 1 aliphatic rings. The summed E-state index contributed by atoms with van der Waals surface area (Å²) < 4.78 is 26.4. The van der Waals surface area contributed by atoms with Crippen molar-refractivity contribution in [2.45, 2.75) is 19.1 Å². The molecule has 0 saturated carbocycles. The van der Waals surface area contributed by atoms with Gasteiger partial charge in [0.25, 0.3) is 0 Å². The normalized spacial score (nSPS) is 12.7. The molecule has 1 aromatic heterocycles. The summed E-state index contributed by atoms with van der Waals surface area (Å²) in [5.41, 5.74) is 3.04. The van der Waals surface area contributed by atoms with Crippen molar-refractivity contribution in [3.63, 3.8) is 0 Å². The molecular formula is C30H24FN5O4. The van der Waals surface area contributed by atoms with Gasteiger partial charge in [0.05, 0.1) is 5.52 Å². The monoisotopic (exact) mass is 537 g/mol. The highest BCUT2D eigenvalue weighted by Crippen LogP contribution is 2.38. The minimum Gasteiger partial charge on any atom is -0.454 e. The van der Waals surface area contributed by atoms with Gasteiger partial charge in [-0.2, -0.15) is 0 Å². The minimum absolute atomic E-state index is 0.0522. The van der Waals surface area contributed by atoms with Crippen LogP contribution in [-0.4, -0.2) is 33.6 Å². The fraction of sp³-hybridized carbons (Fsp3) is 0.133. The number of carbonyl (C=O) groups is 2. The molecule has 200 valence electrons. The first-order valence-corrected chi connectivity index (χ1v) is 12.6. The molecule has 1 atom stereocenters. The molecule has 0 unspecified atom stereocenters. The van der Waals surface area contributed by atoms with Gasteiger partial charge in [-0.3, -0.25) is 14.5 Å². The molecule has 6 rings (SSSR count). The van der Waals surface area contributed by atoms with Crippen LogP contribution in [0, 0.1) is 5.82 Å². The van der Waals surface area contributed by atoms with Crippen molar-refractivity contribution >= 4 is 28.5 Å². The third-order valence-electron chi connectivity index (χ3n) is 6.61. The number of rotatable bonds is 8. The maximum absolute atomic E-state index is 14.1. The average molecular weight is 538 g/mol. The summed E-state index contributed by atoms with van der Waals surface area (Å²) >= 11 is 0. The zero-order valence-corrected chi connectivity index (χ0v) is 21.2. The highest BCUT2D eigenvalue weighted by molar-refractivity contribution is 6.01. The van der Waals surface area contributed by atoms with E-state index in [4.69, 9.17) is 9.47 Å². The predicted octanol–water partition coefficient (Wildman–Crippen LogP) is 4.39. The number of aromatic nitrogens is 3. The number of carbonyl (C=O) groups excluding carboxylic acids is 2. The number of halogens is 1. The van der Waals surface area contributed by atoms with Gasteiger partial charge in [-0.15, -0.1) is 5.10 Å². The molecule has 5 aromatic rings. The lowest BCUT2D eigenvalue weighted by molar-refractivity contribution is -0.127. The number of benzene rings is 4. The van der Waals surface area contributed by atoms with Crippen molar-refractivity contribution in [1.82, 2.24) is 20.3 Å². The molecule has 2 amide bonds. The van der Waals surface area contributed by atoms with E-state index < -0.39 is 23.7 Å². The van der Waals surface area contributed by atoms with Crippen LogP contribution < -0.4 is 19.7 Å². The first-order chi connectivity index (χ1) is 19.6. The Balaban J connectivity index is 1.41. The predicted molar refractivity (Wildman–Crippen MR) is 145 cm³/mol. The Labute approximate surface area is 228 Å². The molecular weight excluding hydrogens is 513 g/mol. The fourth-order valence-electron chi connectivity index (χ4n) is 4.66. The zero-order chi connectivity index (χ0) is 27.5. The number of anilines is 1. The number of hydrogen-bond acceptors (Lipinski definition) is 6. The van der Waals surface area contributed by atoms with Crippen LogP contribution in [0.4, 0.5) is 10.1 Å². The van der Waals surface area contributed by atoms with Gasteiger partial charge >= 0.3 is 0 Å². The smallest absolute Gasteiger partial charge is 0.249 e. The summed E-state index contributed by atoms with van der Waals surface area (Å²) in [6.45, 7) is 0.101. The molecule has 2 heterocycles. The molecule has 9 nitrogen and oxygen atoms in total. The summed E-state index contributed by atoms with van der Waals surface area (Å²) in [6, 6.07) is 26.1. The van der Waals surface area contributed by atoms with E-state index >= 15 is 0 Å². The summed E-state index contributed by atoms with van der Waals surface area (Å²) in [4.78, 5) is 29.4. The van der Waals surface area contributed by atoms with Crippen molar-refractivity contribution in [2.24, 2.45) is 0 Å². The van der Waals surface area contributed by atoms with Crippen LogP contribution in [0.2, 0.25) is 0 Å². The standard InChI is InChI=1S/C30H24FN5O4/c31-22-12-10-21(11-13-22)29(30(38)32-17-20-6-2-1-3-7-20)36(23-14-15-26-27(16-23)40-19-39-26)28(37)18-35-25-9-5-4-8-24(25)33-34-35/h1-16,29H,17-19H2,(H,32,38)/t29-/m0/s1. The van der Waals surface area contributed by atoms with Gasteiger partial charge in [0.1, 0.15) is 23.9 Å². The molecule has 0 radical (unpaired) electrons. The molecule has 10 heteroatoms. The second kappa shape index (κ2) is 10.9. The van der Waals surface area contributed by atoms with Gasteiger partial charge in [0.15, 0.2) is 11.5 Å². The molecule has 0 fully saturated rings. The minimum atomic E-state index is -1.13. The number of hydrogen-bond donors (Lipinski definition) is 1. The maximum atomic E-state index is 14.1. The molecule has 1 aliphatic heterocycles. The van der Waals surface area contributed by atoms with Gasteiger partial charge in [-0.05, 0) is 47.5 Å². The Morgan fingerprint density at radius 3 is 2.50 bits per heavy atom. The number of para-hydroxylation sites is 1. The topological polar surface area (TPSA) is 98.6 Å². The van der Waals surface area contributed by atoms with E-state index in [-0.39, 0.29) is 19.9 Å². The molecule has 1 N–H and O–H groups in total. The van der Waals surface area contributed by atoms with Crippen LogP contribution in [0.25, 0.3) is 11.0 Å².